The van der Waals surface area contributed by atoms with Crippen molar-refractivity contribution in [3.05, 3.63) is 18.0 Å². The lowest BCUT2D eigenvalue weighted by molar-refractivity contribution is -0.122. The molecule has 0 bridgehead atoms. The van der Waals surface area contributed by atoms with E-state index in [1.54, 1.807) is 6.07 Å². The summed E-state index contributed by atoms with van der Waals surface area (Å²) in [6, 6.07) is 1.27. The van der Waals surface area contributed by atoms with Crippen molar-refractivity contribution in [2.75, 3.05) is 13.2 Å². The van der Waals surface area contributed by atoms with Gasteiger partial charge in [-0.1, -0.05) is 5.16 Å². The molecular formula is C13H17N3O5. The van der Waals surface area contributed by atoms with Gasteiger partial charge in [0.2, 0.25) is 11.8 Å². The Bertz CT molecular complexity index is 518. The molecule has 0 saturated carbocycles. The van der Waals surface area contributed by atoms with Gasteiger partial charge in [0.15, 0.2) is 0 Å². The minimum atomic E-state index is -0.233. The van der Waals surface area contributed by atoms with Gasteiger partial charge in [-0.25, -0.2) is 0 Å². The van der Waals surface area contributed by atoms with E-state index in [1.807, 2.05) is 0 Å². The molecule has 2 amide bonds. The highest BCUT2D eigenvalue weighted by molar-refractivity contribution is 5.78. The van der Waals surface area contributed by atoms with Crippen LogP contribution in [0, 0.1) is 0 Å². The minimum Gasteiger partial charge on any atom is -0.371 e. The predicted molar refractivity (Wildman–Crippen MR) is 69.2 cm³/mol. The SMILES string of the molecule is CC(=O)N[C@H]1CO[C@H]2[C@@H]1OC[C@@H]2NC(=O)Cc1ccon1. The minimum absolute atomic E-state index is 0.119. The first-order valence-corrected chi connectivity index (χ1v) is 6.82. The standard InChI is InChI=1S/C13H17N3O5/c1-7(17)14-9-5-19-13-10(6-20-12(9)13)15-11(18)4-8-2-3-21-16-8/h2-3,9-10,12-13H,4-6H2,1H3,(H,14,17)(H,15,18)/t9-,10-,12+,13+/m0/s1. The van der Waals surface area contributed by atoms with E-state index < -0.39 is 0 Å². The van der Waals surface area contributed by atoms with Crippen LogP contribution in [-0.4, -0.2) is 54.5 Å². The molecule has 21 heavy (non-hydrogen) atoms. The second kappa shape index (κ2) is 5.82. The van der Waals surface area contributed by atoms with Gasteiger partial charge in [-0.3, -0.25) is 9.59 Å². The zero-order valence-corrected chi connectivity index (χ0v) is 11.6. The average molecular weight is 295 g/mol. The molecular weight excluding hydrogens is 278 g/mol. The van der Waals surface area contributed by atoms with E-state index in [0.717, 1.165) is 0 Å². The summed E-state index contributed by atoms with van der Waals surface area (Å²) in [5, 5.41) is 9.37. The molecule has 8 nitrogen and oxygen atoms in total. The summed E-state index contributed by atoms with van der Waals surface area (Å²) >= 11 is 0. The highest BCUT2D eigenvalue weighted by Crippen LogP contribution is 2.27. The summed E-state index contributed by atoms with van der Waals surface area (Å²) in [6.07, 6.45) is 1.13. The fourth-order valence-corrected chi connectivity index (χ4v) is 2.76. The maximum atomic E-state index is 11.9. The van der Waals surface area contributed by atoms with Gasteiger partial charge in [-0.2, -0.15) is 0 Å². The van der Waals surface area contributed by atoms with Crippen molar-refractivity contribution in [3.8, 4) is 0 Å². The number of nitrogens with one attached hydrogen (secondary N) is 2. The summed E-state index contributed by atoms with van der Waals surface area (Å²) in [7, 11) is 0. The van der Waals surface area contributed by atoms with E-state index >= 15 is 0 Å². The molecule has 2 N–H and O–H groups in total. The normalized spacial score (nSPS) is 30.9. The Morgan fingerprint density at radius 3 is 2.48 bits per heavy atom. The number of hydrogen-bond donors (Lipinski definition) is 2. The number of ether oxygens (including phenoxy) is 2. The molecule has 2 aliphatic rings. The maximum absolute atomic E-state index is 11.9. The van der Waals surface area contributed by atoms with Crippen LogP contribution in [0.1, 0.15) is 12.6 Å². The Kier molecular flexibility index (Phi) is 3.89. The maximum Gasteiger partial charge on any atom is 0.226 e. The Balaban J connectivity index is 1.54. The van der Waals surface area contributed by atoms with Crippen LogP contribution in [0.3, 0.4) is 0 Å². The molecule has 1 aromatic heterocycles. The molecule has 0 aromatic carbocycles. The first kappa shape index (κ1) is 14.0. The van der Waals surface area contributed by atoms with Gasteiger partial charge in [0.1, 0.15) is 18.5 Å². The lowest BCUT2D eigenvalue weighted by atomic mass is 10.1. The fourth-order valence-electron chi connectivity index (χ4n) is 2.76. The summed E-state index contributed by atoms with van der Waals surface area (Å²) < 4.78 is 16.0. The fraction of sp³-hybridized carbons (Fsp3) is 0.615. The molecule has 0 unspecified atom stereocenters. The zero-order chi connectivity index (χ0) is 14.8. The first-order chi connectivity index (χ1) is 10.1. The highest BCUT2D eigenvalue weighted by atomic mass is 16.6. The summed E-state index contributed by atoms with van der Waals surface area (Å²) in [6.45, 7) is 2.22. The van der Waals surface area contributed by atoms with E-state index in [0.29, 0.717) is 18.9 Å². The lowest BCUT2D eigenvalue weighted by Gasteiger charge is -2.17. The monoisotopic (exact) mass is 295 g/mol. The lowest BCUT2D eigenvalue weighted by Crippen LogP contribution is -2.46. The van der Waals surface area contributed by atoms with E-state index in [2.05, 4.69) is 20.3 Å². The van der Waals surface area contributed by atoms with Crippen LogP contribution in [0.15, 0.2) is 16.9 Å². The molecule has 1 aromatic rings. The van der Waals surface area contributed by atoms with E-state index in [4.69, 9.17) is 9.47 Å². The van der Waals surface area contributed by atoms with Gasteiger partial charge in [0, 0.05) is 13.0 Å². The van der Waals surface area contributed by atoms with Crippen molar-refractivity contribution in [2.45, 2.75) is 37.6 Å². The van der Waals surface area contributed by atoms with E-state index in [9.17, 15) is 9.59 Å². The highest BCUT2D eigenvalue weighted by Gasteiger charge is 2.48. The van der Waals surface area contributed by atoms with Crippen LogP contribution in [0.4, 0.5) is 0 Å². The van der Waals surface area contributed by atoms with Crippen molar-refractivity contribution >= 4 is 11.8 Å². The first-order valence-electron chi connectivity index (χ1n) is 6.82. The Hall–Kier alpha value is -1.93. The number of hydrogen-bond acceptors (Lipinski definition) is 6. The van der Waals surface area contributed by atoms with Crippen LogP contribution < -0.4 is 10.6 Å². The number of fused-ring (bicyclic) bond motifs is 1. The molecule has 0 spiro atoms. The van der Waals surface area contributed by atoms with Crippen molar-refractivity contribution in [1.82, 2.24) is 15.8 Å². The third-order valence-corrected chi connectivity index (χ3v) is 3.62. The molecule has 114 valence electrons. The van der Waals surface area contributed by atoms with Crippen LogP contribution in [-0.2, 0) is 25.5 Å². The second-order valence-electron chi connectivity index (χ2n) is 5.24. The zero-order valence-electron chi connectivity index (χ0n) is 11.6. The number of rotatable bonds is 4. The molecule has 3 heterocycles. The summed E-state index contributed by atoms with van der Waals surface area (Å²) in [4.78, 5) is 23.1. The van der Waals surface area contributed by atoms with Crippen LogP contribution in [0.25, 0.3) is 0 Å². The van der Waals surface area contributed by atoms with Gasteiger partial charge < -0.3 is 24.6 Å². The second-order valence-corrected chi connectivity index (χ2v) is 5.24. The third-order valence-electron chi connectivity index (χ3n) is 3.62. The number of amides is 2. The molecule has 3 rings (SSSR count). The Morgan fingerprint density at radius 1 is 1.24 bits per heavy atom. The third kappa shape index (κ3) is 3.06. The van der Waals surface area contributed by atoms with Crippen LogP contribution >= 0.6 is 0 Å². The summed E-state index contributed by atoms with van der Waals surface area (Å²) in [5.74, 6) is -0.281. The average Bonchev–Trinajstić information content (AvgIpc) is 3.10. The summed E-state index contributed by atoms with van der Waals surface area (Å²) in [5.41, 5.74) is 0.575. The predicted octanol–water partition coefficient (Wildman–Crippen LogP) is -0.996. The topological polar surface area (TPSA) is 103 Å². The van der Waals surface area contributed by atoms with E-state index in [1.165, 1.54) is 13.2 Å². The van der Waals surface area contributed by atoms with Crippen molar-refractivity contribution < 1.29 is 23.6 Å². The molecule has 2 saturated heterocycles. The molecule has 2 fully saturated rings. The van der Waals surface area contributed by atoms with Crippen LogP contribution in [0.5, 0.6) is 0 Å². The van der Waals surface area contributed by atoms with Crippen molar-refractivity contribution in [3.63, 3.8) is 0 Å². The van der Waals surface area contributed by atoms with Gasteiger partial charge in [-0.05, 0) is 0 Å². The van der Waals surface area contributed by atoms with Gasteiger partial charge in [0.05, 0.1) is 37.4 Å². The molecule has 0 radical (unpaired) electrons. The number of aromatic nitrogens is 1. The van der Waals surface area contributed by atoms with Gasteiger partial charge in [0.25, 0.3) is 0 Å². The smallest absolute Gasteiger partial charge is 0.226 e. The van der Waals surface area contributed by atoms with Crippen molar-refractivity contribution in [2.24, 2.45) is 0 Å². The molecule has 4 atom stereocenters. The van der Waals surface area contributed by atoms with E-state index in [-0.39, 0.29) is 42.5 Å². The van der Waals surface area contributed by atoms with Gasteiger partial charge in [-0.15, -0.1) is 0 Å². The quantitative estimate of drug-likeness (QED) is 0.739. The van der Waals surface area contributed by atoms with Crippen LogP contribution in [0.2, 0.25) is 0 Å². The Morgan fingerprint density at radius 2 is 1.90 bits per heavy atom. The molecule has 2 aliphatic heterocycles. The number of carbonyl (C=O) groups is 2. The van der Waals surface area contributed by atoms with Gasteiger partial charge >= 0.3 is 0 Å². The Labute approximate surface area is 121 Å². The molecule has 0 aliphatic carbocycles. The number of carbonyl (C=O) groups excluding carboxylic acids is 2. The molecule has 8 heteroatoms. The largest absolute Gasteiger partial charge is 0.371 e. The van der Waals surface area contributed by atoms with Crippen molar-refractivity contribution in [1.29, 1.82) is 0 Å². The number of nitrogens with zero attached hydrogens (tertiary/aromatic N) is 1.